The first-order chi connectivity index (χ1) is 12.7. The molecule has 26 heavy (non-hydrogen) atoms. The largest absolute Gasteiger partial charge is 0.324 e. The first kappa shape index (κ1) is 16.6. The van der Waals surface area contributed by atoms with E-state index in [1.165, 1.54) is 22.3 Å². The van der Waals surface area contributed by atoms with Crippen LogP contribution in [-0.4, -0.2) is 9.55 Å². The highest BCUT2D eigenvalue weighted by Gasteiger charge is 2.22. The lowest BCUT2D eigenvalue weighted by molar-refractivity contribution is 0.652. The van der Waals surface area contributed by atoms with Gasteiger partial charge in [-0.05, 0) is 48.2 Å². The van der Waals surface area contributed by atoms with Crippen LogP contribution in [-0.2, 0) is 6.54 Å². The molecule has 0 aliphatic rings. The lowest BCUT2D eigenvalue weighted by Gasteiger charge is -2.23. The van der Waals surface area contributed by atoms with Crippen molar-refractivity contribution < 1.29 is 0 Å². The van der Waals surface area contributed by atoms with Crippen molar-refractivity contribution in [3.05, 3.63) is 101 Å². The van der Waals surface area contributed by atoms with E-state index in [1.807, 2.05) is 0 Å². The Balaban J connectivity index is 2.04. The minimum absolute atomic E-state index is 0.0445. The molecule has 0 bridgehead atoms. The van der Waals surface area contributed by atoms with Crippen molar-refractivity contribution in [3.63, 3.8) is 0 Å². The summed E-state index contributed by atoms with van der Waals surface area (Å²) in [4.78, 5) is 4.84. The molecule has 3 aromatic carbocycles. The lowest BCUT2D eigenvalue weighted by Crippen LogP contribution is -2.17. The molecular formula is C23H23N3. The van der Waals surface area contributed by atoms with E-state index in [-0.39, 0.29) is 6.04 Å². The number of hydrogen-bond acceptors (Lipinski definition) is 2. The molecule has 0 fully saturated rings. The fourth-order valence-electron chi connectivity index (χ4n) is 3.59. The third kappa shape index (κ3) is 2.80. The molecule has 4 aromatic rings. The fourth-order valence-corrected chi connectivity index (χ4v) is 3.59. The Kier molecular flexibility index (Phi) is 4.31. The molecule has 3 nitrogen and oxygen atoms in total. The van der Waals surface area contributed by atoms with Crippen LogP contribution in [0.5, 0.6) is 0 Å². The van der Waals surface area contributed by atoms with Crippen LogP contribution in [0.3, 0.4) is 0 Å². The number of nitrogens with two attached hydrogens (primary N) is 1. The molecule has 3 heteroatoms. The van der Waals surface area contributed by atoms with Gasteiger partial charge in [0.2, 0.25) is 0 Å². The number of nitrogens with zero attached hydrogens (tertiary/aromatic N) is 2. The summed E-state index contributed by atoms with van der Waals surface area (Å²) >= 11 is 0. The first-order valence-corrected chi connectivity index (χ1v) is 8.97. The molecule has 0 radical (unpaired) electrons. The predicted molar refractivity (Wildman–Crippen MR) is 107 cm³/mol. The Morgan fingerprint density at radius 3 is 1.92 bits per heavy atom. The molecule has 1 aromatic heterocycles. The minimum Gasteiger partial charge on any atom is -0.324 e. The van der Waals surface area contributed by atoms with Gasteiger partial charge in [-0.25, -0.2) is 4.98 Å². The number of rotatable bonds is 4. The van der Waals surface area contributed by atoms with Gasteiger partial charge < -0.3 is 10.3 Å². The Labute approximate surface area is 154 Å². The van der Waals surface area contributed by atoms with E-state index in [9.17, 15) is 0 Å². The van der Waals surface area contributed by atoms with Crippen LogP contribution < -0.4 is 5.73 Å². The smallest absolute Gasteiger partial charge is 0.124 e. The summed E-state index contributed by atoms with van der Waals surface area (Å²) < 4.78 is 2.30. The summed E-state index contributed by atoms with van der Waals surface area (Å²) in [5.74, 6) is 0.905. The maximum absolute atomic E-state index is 6.10. The monoisotopic (exact) mass is 341 g/mol. The van der Waals surface area contributed by atoms with Gasteiger partial charge in [-0.15, -0.1) is 0 Å². The molecule has 0 unspecified atom stereocenters. The van der Waals surface area contributed by atoms with Crippen LogP contribution in [0.4, 0.5) is 0 Å². The molecule has 0 aliphatic carbocycles. The lowest BCUT2D eigenvalue weighted by atomic mass is 9.97. The van der Waals surface area contributed by atoms with Crippen LogP contribution in [0.15, 0.2) is 72.8 Å². The summed E-state index contributed by atoms with van der Waals surface area (Å²) in [7, 11) is 0. The van der Waals surface area contributed by atoms with Gasteiger partial charge in [-0.2, -0.15) is 0 Å². The third-order valence-corrected chi connectivity index (χ3v) is 5.05. The first-order valence-electron chi connectivity index (χ1n) is 8.97. The molecule has 0 saturated heterocycles. The number of hydrogen-bond donors (Lipinski definition) is 1. The van der Waals surface area contributed by atoms with Crippen LogP contribution >= 0.6 is 0 Å². The van der Waals surface area contributed by atoms with Crippen molar-refractivity contribution in [2.45, 2.75) is 26.4 Å². The summed E-state index contributed by atoms with van der Waals surface area (Å²) in [5.41, 5.74) is 13.2. The number of aryl methyl sites for hydroxylation is 2. The standard InChI is InChI=1S/C23H23N3/c1-16-13-20-21(14-17(16)2)26(22(15-24)25-20)23(18-9-5-3-6-10-18)19-11-7-4-8-12-19/h3-14,23H,15,24H2,1-2H3. The molecule has 0 amide bonds. The predicted octanol–water partition coefficient (Wildman–Crippen LogP) is 4.75. The average Bonchev–Trinajstić information content (AvgIpc) is 3.01. The highest BCUT2D eigenvalue weighted by molar-refractivity contribution is 5.79. The normalized spacial score (nSPS) is 11.4. The zero-order valence-corrected chi connectivity index (χ0v) is 15.2. The van der Waals surface area contributed by atoms with E-state index in [0.717, 1.165) is 16.9 Å². The maximum atomic E-state index is 6.10. The zero-order chi connectivity index (χ0) is 18.1. The van der Waals surface area contributed by atoms with Gasteiger partial charge in [0.25, 0.3) is 0 Å². The Morgan fingerprint density at radius 1 is 0.846 bits per heavy atom. The fraction of sp³-hybridized carbons (Fsp3) is 0.174. The summed E-state index contributed by atoms with van der Waals surface area (Å²) in [6.07, 6.45) is 0. The Bertz CT molecular complexity index is 994. The van der Waals surface area contributed by atoms with Crippen LogP contribution in [0.2, 0.25) is 0 Å². The van der Waals surface area contributed by atoms with Crippen LogP contribution in [0, 0.1) is 13.8 Å². The van der Waals surface area contributed by atoms with E-state index in [0.29, 0.717) is 6.54 Å². The Morgan fingerprint density at radius 2 is 1.38 bits per heavy atom. The van der Waals surface area contributed by atoms with Gasteiger partial charge in [0.05, 0.1) is 23.6 Å². The summed E-state index contributed by atoms with van der Waals surface area (Å²) in [6, 6.07) is 25.6. The molecule has 0 saturated carbocycles. The second-order valence-corrected chi connectivity index (χ2v) is 6.75. The molecule has 2 N–H and O–H groups in total. The van der Waals surface area contributed by atoms with Gasteiger partial charge in [0.1, 0.15) is 5.82 Å². The van der Waals surface area contributed by atoms with E-state index in [1.54, 1.807) is 0 Å². The molecule has 0 spiro atoms. The number of fused-ring (bicyclic) bond motifs is 1. The maximum Gasteiger partial charge on any atom is 0.124 e. The van der Waals surface area contributed by atoms with Crippen molar-refractivity contribution in [2.75, 3.05) is 0 Å². The summed E-state index contributed by atoms with van der Waals surface area (Å²) in [5, 5.41) is 0. The quantitative estimate of drug-likeness (QED) is 0.582. The van der Waals surface area contributed by atoms with Crippen molar-refractivity contribution >= 4 is 11.0 Å². The number of imidazole rings is 1. The van der Waals surface area contributed by atoms with Crippen molar-refractivity contribution in [2.24, 2.45) is 5.73 Å². The Hall–Kier alpha value is -2.91. The molecule has 0 atom stereocenters. The average molecular weight is 341 g/mol. The van der Waals surface area contributed by atoms with E-state index >= 15 is 0 Å². The SMILES string of the molecule is Cc1cc2nc(CN)n(C(c3ccccc3)c3ccccc3)c2cc1C. The molecule has 0 aliphatic heterocycles. The summed E-state index contributed by atoms with van der Waals surface area (Å²) in [6.45, 7) is 4.68. The van der Waals surface area contributed by atoms with Crippen LogP contribution in [0.1, 0.15) is 34.1 Å². The highest BCUT2D eigenvalue weighted by Crippen LogP contribution is 2.32. The van der Waals surface area contributed by atoms with Gasteiger partial charge in [0.15, 0.2) is 0 Å². The number of benzene rings is 3. The third-order valence-electron chi connectivity index (χ3n) is 5.05. The minimum atomic E-state index is 0.0445. The van der Waals surface area contributed by atoms with E-state index in [2.05, 4.69) is 91.2 Å². The second-order valence-electron chi connectivity index (χ2n) is 6.75. The number of aromatic nitrogens is 2. The topological polar surface area (TPSA) is 43.8 Å². The molecule has 1 heterocycles. The second kappa shape index (κ2) is 6.77. The molecule has 130 valence electrons. The van der Waals surface area contributed by atoms with Crippen LogP contribution in [0.25, 0.3) is 11.0 Å². The van der Waals surface area contributed by atoms with Crippen molar-refractivity contribution in [1.82, 2.24) is 9.55 Å². The van der Waals surface area contributed by atoms with Crippen molar-refractivity contribution in [3.8, 4) is 0 Å². The molecular weight excluding hydrogens is 318 g/mol. The molecule has 4 rings (SSSR count). The van der Waals surface area contributed by atoms with E-state index < -0.39 is 0 Å². The van der Waals surface area contributed by atoms with Gasteiger partial charge in [0, 0.05) is 0 Å². The zero-order valence-electron chi connectivity index (χ0n) is 15.2. The van der Waals surface area contributed by atoms with Gasteiger partial charge >= 0.3 is 0 Å². The van der Waals surface area contributed by atoms with E-state index in [4.69, 9.17) is 10.7 Å². The van der Waals surface area contributed by atoms with Gasteiger partial charge in [-0.1, -0.05) is 60.7 Å². The van der Waals surface area contributed by atoms with Gasteiger partial charge in [-0.3, -0.25) is 0 Å². The highest BCUT2D eigenvalue weighted by atomic mass is 15.1. The van der Waals surface area contributed by atoms with Crippen molar-refractivity contribution in [1.29, 1.82) is 0 Å².